The van der Waals surface area contributed by atoms with Gasteiger partial charge in [-0.15, -0.1) is 0 Å². The molecule has 4 rings (SSSR count). The van der Waals surface area contributed by atoms with E-state index in [0.717, 1.165) is 37.3 Å². The van der Waals surface area contributed by atoms with Gasteiger partial charge in [0.2, 0.25) is 0 Å². The first-order chi connectivity index (χ1) is 14.1. The molecule has 1 aliphatic heterocycles. The minimum absolute atomic E-state index is 0.186. The molecule has 1 aliphatic rings. The lowest BCUT2D eigenvalue weighted by Gasteiger charge is -2.15. The molecule has 0 radical (unpaired) electrons. The fourth-order valence-corrected chi connectivity index (χ4v) is 3.87. The van der Waals surface area contributed by atoms with Crippen molar-refractivity contribution in [3.63, 3.8) is 0 Å². The Labute approximate surface area is 170 Å². The van der Waals surface area contributed by atoms with Crippen molar-refractivity contribution in [1.82, 2.24) is 15.2 Å². The number of hydrogen-bond acceptors (Lipinski definition) is 3. The molecule has 29 heavy (non-hydrogen) atoms. The molecular weight excluding hydrogens is 365 g/mol. The highest BCUT2D eigenvalue weighted by molar-refractivity contribution is 6.07. The topological polar surface area (TPSA) is 45.2 Å². The molecule has 3 aromatic rings. The molecule has 1 amide bonds. The molecule has 2 heterocycles. The number of aromatic nitrogens is 1. The number of hydrogen-bond donors (Lipinski definition) is 1. The van der Waals surface area contributed by atoms with E-state index in [1.807, 2.05) is 12.1 Å². The lowest BCUT2D eigenvalue weighted by molar-refractivity contribution is 0.0951. The quantitative estimate of drug-likeness (QED) is 0.676. The van der Waals surface area contributed by atoms with Gasteiger partial charge in [-0.25, -0.2) is 9.37 Å². The van der Waals surface area contributed by atoms with Crippen LogP contribution in [-0.4, -0.2) is 42.0 Å². The van der Waals surface area contributed by atoms with Gasteiger partial charge in [0.05, 0.1) is 16.8 Å². The molecule has 1 saturated heterocycles. The minimum Gasteiger partial charge on any atom is -0.351 e. The van der Waals surface area contributed by atoms with Gasteiger partial charge in [-0.2, -0.15) is 0 Å². The number of carbonyl (C=O) groups excluding carboxylic acids is 1. The molecule has 150 valence electrons. The van der Waals surface area contributed by atoms with Crippen LogP contribution in [0.25, 0.3) is 22.2 Å². The lowest BCUT2D eigenvalue weighted by Crippen LogP contribution is -2.33. The normalized spacial score (nSPS) is 14.4. The van der Waals surface area contributed by atoms with Crippen molar-refractivity contribution >= 4 is 16.8 Å². The average molecular weight is 391 g/mol. The van der Waals surface area contributed by atoms with Crippen LogP contribution < -0.4 is 5.32 Å². The summed E-state index contributed by atoms with van der Waals surface area (Å²) in [6, 6.07) is 14.4. The number of carbonyl (C=O) groups is 1. The fourth-order valence-electron chi connectivity index (χ4n) is 3.87. The van der Waals surface area contributed by atoms with Crippen molar-refractivity contribution in [2.24, 2.45) is 0 Å². The SMILES string of the molecule is CCc1ccc(-c2cc(C(=O)NCCN3CCCC3)c3cc(F)ccc3n2)cc1. The molecule has 0 unspecified atom stereocenters. The number of likely N-dealkylation sites (tertiary alicyclic amines) is 1. The Morgan fingerprint density at radius 1 is 1.10 bits per heavy atom. The molecule has 2 aromatic carbocycles. The van der Waals surface area contributed by atoms with Crippen LogP contribution in [0.4, 0.5) is 4.39 Å². The maximum Gasteiger partial charge on any atom is 0.252 e. The number of halogens is 1. The minimum atomic E-state index is -0.370. The third-order valence-electron chi connectivity index (χ3n) is 5.59. The van der Waals surface area contributed by atoms with Crippen LogP contribution in [0.2, 0.25) is 0 Å². The van der Waals surface area contributed by atoms with Gasteiger partial charge in [-0.1, -0.05) is 31.2 Å². The first kappa shape index (κ1) is 19.5. The summed E-state index contributed by atoms with van der Waals surface area (Å²) in [7, 11) is 0. The van der Waals surface area contributed by atoms with E-state index in [0.29, 0.717) is 23.0 Å². The fraction of sp³-hybridized carbons (Fsp3) is 0.333. The maximum absolute atomic E-state index is 13.9. The first-order valence-corrected chi connectivity index (χ1v) is 10.3. The summed E-state index contributed by atoms with van der Waals surface area (Å²) >= 11 is 0. The Kier molecular flexibility index (Phi) is 5.86. The highest BCUT2D eigenvalue weighted by Gasteiger charge is 2.16. The molecule has 1 aromatic heterocycles. The van der Waals surface area contributed by atoms with Crippen LogP contribution in [0.1, 0.15) is 35.7 Å². The van der Waals surface area contributed by atoms with Gasteiger partial charge < -0.3 is 10.2 Å². The second kappa shape index (κ2) is 8.70. The predicted molar refractivity (Wildman–Crippen MR) is 115 cm³/mol. The van der Waals surface area contributed by atoms with E-state index >= 15 is 0 Å². The monoisotopic (exact) mass is 391 g/mol. The van der Waals surface area contributed by atoms with Gasteiger partial charge in [0.15, 0.2) is 0 Å². The highest BCUT2D eigenvalue weighted by Crippen LogP contribution is 2.26. The molecule has 0 bridgehead atoms. The number of nitrogens with zero attached hydrogens (tertiary/aromatic N) is 2. The van der Waals surface area contributed by atoms with E-state index in [9.17, 15) is 9.18 Å². The van der Waals surface area contributed by atoms with E-state index < -0.39 is 0 Å². The molecule has 1 N–H and O–H groups in total. The van der Waals surface area contributed by atoms with Crippen LogP contribution in [-0.2, 0) is 6.42 Å². The number of nitrogens with one attached hydrogen (secondary N) is 1. The second-order valence-corrected chi connectivity index (χ2v) is 7.57. The van der Waals surface area contributed by atoms with Crippen molar-refractivity contribution < 1.29 is 9.18 Å². The van der Waals surface area contributed by atoms with Crippen LogP contribution in [0, 0.1) is 5.82 Å². The zero-order chi connectivity index (χ0) is 20.2. The highest BCUT2D eigenvalue weighted by atomic mass is 19.1. The largest absolute Gasteiger partial charge is 0.351 e. The van der Waals surface area contributed by atoms with Crippen molar-refractivity contribution in [1.29, 1.82) is 0 Å². The number of rotatable bonds is 6. The summed E-state index contributed by atoms with van der Waals surface area (Å²) in [5, 5.41) is 3.54. The van der Waals surface area contributed by atoms with Crippen LogP contribution in [0.15, 0.2) is 48.5 Å². The number of pyridine rings is 1. The van der Waals surface area contributed by atoms with Gasteiger partial charge in [0.25, 0.3) is 5.91 Å². The Balaban J connectivity index is 1.64. The Bertz CT molecular complexity index is 1010. The Hall–Kier alpha value is -2.79. The van der Waals surface area contributed by atoms with Gasteiger partial charge in [-0.3, -0.25) is 4.79 Å². The zero-order valence-corrected chi connectivity index (χ0v) is 16.7. The molecule has 4 nitrogen and oxygen atoms in total. The summed E-state index contributed by atoms with van der Waals surface area (Å²) in [4.78, 5) is 20.0. The summed E-state index contributed by atoms with van der Waals surface area (Å²) < 4.78 is 13.9. The molecule has 0 aliphatic carbocycles. The smallest absolute Gasteiger partial charge is 0.252 e. The van der Waals surface area contributed by atoms with E-state index in [2.05, 4.69) is 34.3 Å². The summed E-state index contributed by atoms with van der Waals surface area (Å²) in [6.45, 7) is 5.73. The standard InChI is InChI=1S/C24H26FN3O/c1-2-17-5-7-18(8-6-17)23-16-21(20-15-19(25)9-10-22(20)27-23)24(29)26-11-14-28-12-3-4-13-28/h5-10,15-16H,2-4,11-14H2,1H3,(H,26,29). The van der Waals surface area contributed by atoms with Crippen molar-refractivity contribution in [2.45, 2.75) is 26.2 Å². The van der Waals surface area contributed by atoms with Gasteiger partial charge in [-0.05, 0) is 62.2 Å². The summed E-state index contributed by atoms with van der Waals surface area (Å²) in [6.07, 6.45) is 3.42. The number of benzene rings is 2. The van der Waals surface area contributed by atoms with Crippen LogP contribution in [0.5, 0.6) is 0 Å². The number of amides is 1. The second-order valence-electron chi connectivity index (χ2n) is 7.57. The van der Waals surface area contributed by atoms with Gasteiger partial charge in [0, 0.05) is 24.0 Å². The number of fused-ring (bicyclic) bond motifs is 1. The number of aryl methyl sites for hydroxylation is 1. The molecule has 0 spiro atoms. The Morgan fingerprint density at radius 2 is 1.86 bits per heavy atom. The third kappa shape index (κ3) is 4.46. The first-order valence-electron chi connectivity index (χ1n) is 10.3. The maximum atomic E-state index is 13.9. The van der Waals surface area contributed by atoms with Crippen molar-refractivity contribution in [3.8, 4) is 11.3 Å². The van der Waals surface area contributed by atoms with E-state index in [4.69, 9.17) is 0 Å². The zero-order valence-electron chi connectivity index (χ0n) is 16.7. The molecule has 1 fully saturated rings. The van der Waals surface area contributed by atoms with Crippen molar-refractivity contribution in [3.05, 3.63) is 65.5 Å². The third-order valence-corrected chi connectivity index (χ3v) is 5.59. The van der Waals surface area contributed by atoms with Gasteiger partial charge in [0.1, 0.15) is 5.82 Å². The van der Waals surface area contributed by atoms with E-state index in [1.54, 1.807) is 12.1 Å². The average Bonchev–Trinajstić information content (AvgIpc) is 3.26. The predicted octanol–water partition coefficient (Wildman–Crippen LogP) is 4.43. The van der Waals surface area contributed by atoms with Gasteiger partial charge >= 0.3 is 0 Å². The molecule has 0 atom stereocenters. The van der Waals surface area contributed by atoms with Crippen LogP contribution in [0.3, 0.4) is 0 Å². The lowest BCUT2D eigenvalue weighted by atomic mass is 10.0. The summed E-state index contributed by atoms with van der Waals surface area (Å²) in [5.74, 6) is -0.556. The van der Waals surface area contributed by atoms with Crippen molar-refractivity contribution in [2.75, 3.05) is 26.2 Å². The molecule has 0 saturated carbocycles. The molecule has 5 heteroatoms. The summed E-state index contributed by atoms with van der Waals surface area (Å²) in [5.41, 5.74) is 3.99. The molecular formula is C24H26FN3O. The Morgan fingerprint density at radius 3 is 2.59 bits per heavy atom. The van der Waals surface area contributed by atoms with E-state index in [-0.39, 0.29) is 11.7 Å². The van der Waals surface area contributed by atoms with E-state index in [1.165, 1.54) is 30.5 Å². The van der Waals surface area contributed by atoms with Crippen LogP contribution >= 0.6 is 0 Å².